The van der Waals surface area contributed by atoms with Crippen molar-refractivity contribution < 1.29 is 17.9 Å². The van der Waals surface area contributed by atoms with Crippen molar-refractivity contribution >= 4 is 21.7 Å². The van der Waals surface area contributed by atoms with Crippen molar-refractivity contribution in [2.75, 3.05) is 63.6 Å². The number of carbonyl (C=O) groups is 1. The van der Waals surface area contributed by atoms with Crippen LogP contribution in [-0.4, -0.2) is 92.2 Å². The lowest BCUT2D eigenvalue weighted by Gasteiger charge is -2.33. The summed E-state index contributed by atoms with van der Waals surface area (Å²) >= 11 is 0. The predicted octanol–water partition coefficient (Wildman–Crippen LogP) is -0.969. The largest absolute Gasteiger partial charge is 0.378 e. The summed E-state index contributed by atoms with van der Waals surface area (Å²) in [7, 11) is -3.21. The Morgan fingerprint density at radius 1 is 1.08 bits per heavy atom. The third-order valence-electron chi connectivity index (χ3n) is 4.20. The first-order chi connectivity index (χ1) is 11.4. The van der Waals surface area contributed by atoms with Crippen molar-refractivity contribution in [1.82, 2.24) is 19.2 Å². The highest BCUT2D eigenvalue weighted by Gasteiger charge is 2.27. The summed E-state index contributed by atoms with van der Waals surface area (Å²) in [6.45, 7) is 4.10. The molecule has 2 fully saturated rings. The van der Waals surface area contributed by atoms with Crippen molar-refractivity contribution in [3.8, 4) is 0 Å². The molecule has 0 radical (unpaired) electrons. The van der Waals surface area contributed by atoms with Gasteiger partial charge in [0.2, 0.25) is 10.0 Å². The Morgan fingerprint density at radius 3 is 2.38 bits per heavy atom. The fourth-order valence-corrected chi connectivity index (χ4v) is 3.64. The molecular formula is C14H21N5O4S. The van der Waals surface area contributed by atoms with Gasteiger partial charge in [-0.15, -0.1) is 0 Å². The summed E-state index contributed by atoms with van der Waals surface area (Å²) in [6, 6.07) is 1.69. The van der Waals surface area contributed by atoms with E-state index in [1.54, 1.807) is 11.0 Å². The van der Waals surface area contributed by atoms with E-state index in [0.717, 1.165) is 13.1 Å². The number of carbonyl (C=O) groups excluding carboxylic acids is 1. The highest BCUT2D eigenvalue weighted by molar-refractivity contribution is 7.88. The molecule has 2 aliphatic heterocycles. The smallest absolute Gasteiger partial charge is 0.272 e. The molecule has 24 heavy (non-hydrogen) atoms. The molecule has 10 heteroatoms. The number of sulfonamides is 1. The third-order valence-corrected chi connectivity index (χ3v) is 5.50. The molecular weight excluding hydrogens is 334 g/mol. The van der Waals surface area contributed by atoms with Gasteiger partial charge in [0.1, 0.15) is 17.8 Å². The summed E-state index contributed by atoms with van der Waals surface area (Å²) < 4.78 is 29.8. The first kappa shape index (κ1) is 17.1. The van der Waals surface area contributed by atoms with E-state index in [-0.39, 0.29) is 5.91 Å². The van der Waals surface area contributed by atoms with Crippen molar-refractivity contribution in [2.45, 2.75) is 0 Å². The lowest BCUT2D eigenvalue weighted by atomic mass is 10.2. The number of hydrogen-bond donors (Lipinski definition) is 0. The first-order valence-corrected chi connectivity index (χ1v) is 9.69. The molecule has 132 valence electrons. The molecule has 0 aliphatic carbocycles. The topological polar surface area (TPSA) is 95.9 Å². The fraction of sp³-hybridized carbons (Fsp3) is 0.643. The summed E-state index contributed by atoms with van der Waals surface area (Å²) in [4.78, 5) is 24.6. The lowest BCUT2D eigenvalue weighted by molar-refractivity contribution is 0.0692. The van der Waals surface area contributed by atoms with Gasteiger partial charge in [0.25, 0.3) is 5.91 Å². The standard InChI is InChI=1S/C14H21N5O4S/c1-24(21,22)19-4-2-18(3-5-19)14(20)12-10-13(16-11-15-12)17-6-8-23-9-7-17/h10-11H,2-9H2,1H3. The van der Waals surface area contributed by atoms with Gasteiger partial charge in [0, 0.05) is 45.3 Å². The second kappa shape index (κ2) is 6.99. The van der Waals surface area contributed by atoms with Crippen LogP contribution in [0.2, 0.25) is 0 Å². The Balaban J connectivity index is 1.67. The van der Waals surface area contributed by atoms with Gasteiger partial charge in [-0.05, 0) is 0 Å². The van der Waals surface area contributed by atoms with Crippen molar-refractivity contribution in [3.63, 3.8) is 0 Å². The number of amides is 1. The molecule has 0 atom stereocenters. The van der Waals surface area contributed by atoms with Gasteiger partial charge in [-0.1, -0.05) is 0 Å². The molecule has 1 amide bonds. The van der Waals surface area contributed by atoms with E-state index < -0.39 is 10.0 Å². The zero-order valence-corrected chi connectivity index (χ0v) is 14.4. The fourth-order valence-electron chi connectivity index (χ4n) is 2.81. The molecule has 0 unspecified atom stereocenters. The number of hydrogen-bond acceptors (Lipinski definition) is 7. The number of morpholine rings is 1. The monoisotopic (exact) mass is 355 g/mol. The van der Waals surface area contributed by atoms with Crippen LogP contribution in [0.3, 0.4) is 0 Å². The van der Waals surface area contributed by atoms with E-state index in [4.69, 9.17) is 4.74 Å². The molecule has 2 saturated heterocycles. The van der Waals surface area contributed by atoms with E-state index in [1.807, 2.05) is 0 Å². The Morgan fingerprint density at radius 2 is 1.75 bits per heavy atom. The van der Waals surface area contributed by atoms with Gasteiger partial charge >= 0.3 is 0 Å². The minimum Gasteiger partial charge on any atom is -0.378 e. The normalized spacial score (nSPS) is 20.2. The molecule has 1 aromatic heterocycles. The Labute approximate surface area is 141 Å². The van der Waals surface area contributed by atoms with E-state index in [0.29, 0.717) is 50.9 Å². The summed E-state index contributed by atoms with van der Waals surface area (Å²) in [6.07, 6.45) is 2.58. The average molecular weight is 355 g/mol. The van der Waals surface area contributed by atoms with Crippen LogP contribution in [-0.2, 0) is 14.8 Å². The van der Waals surface area contributed by atoms with E-state index in [2.05, 4.69) is 14.9 Å². The number of anilines is 1. The Kier molecular flexibility index (Phi) is 4.97. The third kappa shape index (κ3) is 3.82. The number of rotatable bonds is 3. The predicted molar refractivity (Wildman–Crippen MR) is 87.4 cm³/mol. The molecule has 9 nitrogen and oxygen atoms in total. The van der Waals surface area contributed by atoms with Gasteiger partial charge in [-0.25, -0.2) is 18.4 Å². The van der Waals surface area contributed by atoms with Crippen molar-refractivity contribution in [1.29, 1.82) is 0 Å². The second-order valence-corrected chi connectivity index (χ2v) is 7.80. The van der Waals surface area contributed by atoms with E-state index in [1.165, 1.54) is 16.9 Å². The van der Waals surface area contributed by atoms with Crippen LogP contribution < -0.4 is 4.90 Å². The van der Waals surface area contributed by atoms with Crippen LogP contribution in [0.15, 0.2) is 12.4 Å². The quantitative estimate of drug-likeness (QED) is 0.688. The highest BCUT2D eigenvalue weighted by atomic mass is 32.2. The molecule has 0 spiro atoms. The van der Waals surface area contributed by atoms with Crippen molar-refractivity contribution in [3.05, 3.63) is 18.1 Å². The molecule has 0 saturated carbocycles. The lowest BCUT2D eigenvalue weighted by Crippen LogP contribution is -2.50. The Hall–Kier alpha value is -1.78. The van der Waals surface area contributed by atoms with Crippen LogP contribution in [0.1, 0.15) is 10.5 Å². The van der Waals surface area contributed by atoms with Crippen LogP contribution in [0.25, 0.3) is 0 Å². The molecule has 3 rings (SSSR count). The van der Waals surface area contributed by atoms with Crippen LogP contribution in [0.5, 0.6) is 0 Å². The molecule has 2 aliphatic rings. The average Bonchev–Trinajstić information content (AvgIpc) is 2.61. The maximum absolute atomic E-state index is 12.6. The zero-order chi connectivity index (χ0) is 17.2. The minimum absolute atomic E-state index is 0.194. The molecule has 0 bridgehead atoms. The van der Waals surface area contributed by atoms with Gasteiger partial charge < -0.3 is 14.5 Å². The van der Waals surface area contributed by atoms with Gasteiger partial charge in [-0.3, -0.25) is 4.79 Å². The minimum atomic E-state index is -3.21. The van der Waals surface area contributed by atoms with E-state index >= 15 is 0 Å². The van der Waals surface area contributed by atoms with E-state index in [9.17, 15) is 13.2 Å². The van der Waals surface area contributed by atoms with Gasteiger partial charge in [0.05, 0.1) is 19.5 Å². The number of piperazine rings is 1. The van der Waals surface area contributed by atoms with Crippen LogP contribution in [0, 0.1) is 0 Å². The van der Waals surface area contributed by atoms with Crippen LogP contribution in [0.4, 0.5) is 5.82 Å². The molecule has 1 aromatic rings. The van der Waals surface area contributed by atoms with Crippen molar-refractivity contribution in [2.24, 2.45) is 0 Å². The maximum Gasteiger partial charge on any atom is 0.272 e. The summed E-state index contributed by atoms with van der Waals surface area (Å²) in [5.74, 6) is 0.520. The van der Waals surface area contributed by atoms with Crippen LogP contribution >= 0.6 is 0 Å². The maximum atomic E-state index is 12.6. The zero-order valence-electron chi connectivity index (χ0n) is 13.6. The first-order valence-electron chi connectivity index (χ1n) is 7.84. The molecule has 3 heterocycles. The SMILES string of the molecule is CS(=O)(=O)N1CCN(C(=O)c2cc(N3CCOCC3)ncn2)CC1. The van der Waals surface area contributed by atoms with Gasteiger partial charge in [-0.2, -0.15) is 4.31 Å². The number of aromatic nitrogens is 2. The summed E-state index contributed by atoms with van der Waals surface area (Å²) in [5.41, 5.74) is 0.333. The highest BCUT2D eigenvalue weighted by Crippen LogP contribution is 2.15. The number of nitrogens with zero attached hydrogens (tertiary/aromatic N) is 5. The van der Waals surface area contributed by atoms with Gasteiger partial charge in [0.15, 0.2) is 0 Å². The Bertz CT molecular complexity index is 697. The second-order valence-electron chi connectivity index (χ2n) is 5.82. The number of ether oxygens (including phenoxy) is 1. The molecule has 0 aromatic carbocycles. The summed E-state index contributed by atoms with van der Waals surface area (Å²) in [5, 5.41) is 0. The molecule has 0 N–H and O–H groups in total.